The fourth-order valence-electron chi connectivity index (χ4n) is 3.05. The van der Waals surface area contributed by atoms with E-state index < -0.39 is 17.7 Å². The molecule has 0 spiro atoms. The third-order valence-corrected chi connectivity index (χ3v) is 4.46. The molecule has 0 unspecified atom stereocenters. The number of fused-ring (bicyclic) bond motifs is 1. The lowest BCUT2D eigenvalue weighted by molar-refractivity contribution is -0.121. The van der Waals surface area contributed by atoms with Crippen LogP contribution in [0.15, 0.2) is 61.1 Å². The molecule has 0 saturated carbocycles. The molecule has 2 aromatic heterocycles. The van der Waals surface area contributed by atoms with Gasteiger partial charge >= 0.3 is 0 Å². The lowest BCUT2D eigenvalue weighted by atomic mass is 10.1. The molecule has 1 N–H and O–H groups in total. The third-order valence-electron chi connectivity index (χ3n) is 4.46. The van der Waals surface area contributed by atoms with Crippen LogP contribution in [0, 0.1) is 0 Å². The van der Waals surface area contributed by atoms with Crippen LogP contribution in [0.25, 0.3) is 11.3 Å². The topological polar surface area (TPSA) is 97.2 Å². The van der Waals surface area contributed by atoms with Gasteiger partial charge in [-0.15, -0.1) is 0 Å². The van der Waals surface area contributed by atoms with Crippen LogP contribution in [0.2, 0.25) is 0 Å². The maximum Gasteiger partial charge on any atom is 0.262 e. The van der Waals surface area contributed by atoms with E-state index >= 15 is 0 Å². The highest BCUT2D eigenvalue weighted by Gasteiger charge is 2.36. The van der Waals surface area contributed by atoms with E-state index in [1.165, 1.54) is 0 Å². The molecule has 1 aromatic carbocycles. The van der Waals surface area contributed by atoms with Crippen molar-refractivity contribution in [2.45, 2.75) is 6.54 Å². The largest absolute Gasteiger partial charge is 0.353 e. The first-order valence-corrected chi connectivity index (χ1v) is 8.79. The number of nitrogens with zero attached hydrogens (tertiary/aromatic N) is 4. The number of amides is 3. The van der Waals surface area contributed by atoms with Gasteiger partial charge in [-0.3, -0.25) is 28.9 Å². The van der Waals surface area contributed by atoms with E-state index in [4.69, 9.17) is 0 Å². The molecule has 0 atom stereocenters. The van der Waals surface area contributed by atoms with Gasteiger partial charge < -0.3 is 5.32 Å². The highest BCUT2D eigenvalue weighted by Crippen LogP contribution is 2.21. The van der Waals surface area contributed by atoms with E-state index in [0.29, 0.717) is 24.2 Å². The molecule has 0 aliphatic carbocycles. The minimum atomic E-state index is -0.440. The maximum absolute atomic E-state index is 12.3. The molecule has 4 rings (SSSR count). The number of imide groups is 1. The van der Waals surface area contributed by atoms with E-state index in [0.717, 1.165) is 16.2 Å². The lowest BCUT2D eigenvalue weighted by Gasteiger charge is -2.13. The Morgan fingerprint density at radius 1 is 0.964 bits per heavy atom. The second-order valence-corrected chi connectivity index (χ2v) is 6.29. The van der Waals surface area contributed by atoms with Crippen LogP contribution in [0.4, 0.5) is 0 Å². The van der Waals surface area contributed by atoms with Crippen molar-refractivity contribution in [1.82, 2.24) is 25.0 Å². The summed E-state index contributed by atoms with van der Waals surface area (Å²) in [5.41, 5.74) is 2.45. The Morgan fingerprint density at radius 3 is 2.32 bits per heavy atom. The summed E-state index contributed by atoms with van der Waals surface area (Å²) in [6, 6.07) is 12.2. The monoisotopic (exact) mass is 375 g/mol. The molecule has 3 amide bonds. The predicted molar refractivity (Wildman–Crippen MR) is 100 cm³/mol. The molecule has 140 valence electrons. The number of aromatic nitrogens is 3. The number of hydrogen-bond donors (Lipinski definition) is 1. The summed E-state index contributed by atoms with van der Waals surface area (Å²) in [4.78, 5) is 41.7. The molecule has 1 aliphatic heterocycles. The number of carbonyl (C=O) groups excluding carboxylic acids is 3. The molecule has 8 nitrogen and oxygen atoms in total. The summed E-state index contributed by atoms with van der Waals surface area (Å²) in [6.45, 7) is 0.506. The molecule has 0 bridgehead atoms. The van der Waals surface area contributed by atoms with Crippen LogP contribution in [0.1, 0.15) is 20.7 Å². The van der Waals surface area contributed by atoms with Crippen molar-refractivity contribution in [3.05, 3.63) is 72.2 Å². The average Bonchev–Trinajstić information content (AvgIpc) is 3.28. The number of benzene rings is 1. The molecule has 1 aliphatic rings. The van der Waals surface area contributed by atoms with Gasteiger partial charge in [0.1, 0.15) is 6.54 Å². The summed E-state index contributed by atoms with van der Waals surface area (Å²) >= 11 is 0. The molecular formula is C20H17N5O3. The van der Waals surface area contributed by atoms with Crippen LogP contribution in [0.5, 0.6) is 0 Å². The van der Waals surface area contributed by atoms with Gasteiger partial charge in [0.2, 0.25) is 5.91 Å². The summed E-state index contributed by atoms with van der Waals surface area (Å²) in [5, 5.41) is 7.17. The Labute approximate surface area is 160 Å². The van der Waals surface area contributed by atoms with Crippen molar-refractivity contribution in [3.8, 4) is 11.3 Å². The minimum Gasteiger partial charge on any atom is -0.353 e. The molecule has 8 heteroatoms. The zero-order valence-electron chi connectivity index (χ0n) is 14.9. The number of pyridine rings is 1. The van der Waals surface area contributed by atoms with Crippen molar-refractivity contribution in [2.24, 2.45) is 0 Å². The molecular weight excluding hydrogens is 358 g/mol. The molecule has 3 heterocycles. The Hall–Kier alpha value is -3.81. The molecule has 28 heavy (non-hydrogen) atoms. The van der Waals surface area contributed by atoms with Crippen LogP contribution >= 0.6 is 0 Å². The quantitative estimate of drug-likeness (QED) is 0.656. The van der Waals surface area contributed by atoms with E-state index in [1.54, 1.807) is 41.3 Å². The Bertz CT molecular complexity index is 1010. The second kappa shape index (κ2) is 7.43. The van der Waals surface area contributed by atoms with Gasteiger partial charge in [-0.25, -0.2) is 0 Å². The van der Waals surface area contributed by atoms with E-state index in [2.05, 4.69) is 15.4 Å². The van der Waals surface area contributed by atoms with Crippen LogP contribution in [0.3, 0.4) is 0 Å². The summed E-state index contributed by atoms with van der Waals surface area (Å²) in [5.74, 6) is -1.27. The number of carbonyl (C=O) groups is 3. The minimum absolute atomic E-state index is 0.298. The van der Waals surface area contributed by atoms with Crippen LogP contribution < -0.4 is 5.32 Å². The summed E-state index contributed by atoms with van der Waals surface area (Å²) in [6.07, 6.45) is 5.23. The van der Waals surface area contributed by atoms with Crippen molar-refractivity contribution in [3.63, 3.8) is 0 Å². The molecule has 0 saturated heterocycles. The normalized spacial score (nSPS) is 12.9. The first-order valence-electron chi connectivity index (χ1n) is 8.79. The van der Waals surface area contributed by atoms with Gasteiger partial charge in [0.05, 0.1) is 23.4 Å². The SMILES string of the molecule is O=C(CN1C(=O)c2ccccc2C1=O)NCCn1ccc(-c2ccncc2)n1. The van der Waals surface area contributed by atoms with Gasteiger partial charge in [0.25, 0.3) is 11.8 Å². The van der Waals surface area contributed by atoms with E-state index in [1.807, 2.05) is 24.4 Å². The van der Waals surface area contributed by atoms with Gasteiger partial charge in [0.15, 0.2) is 0 Å². The zero-order valence-corrected chi connectivity index (χ0v) is 14.9. The molecule has 3 aromatic rings. The second-order valence-electron chi connectivity index (χ2n) is 6.29. The van der Waals surface area contributed by atoms with E-state index in [9.17, 15) is 14.4 Å². The van der Waals surface area contributed by atoms with Crippen LogP contribution in [-0.4, -0.2) is 50.5 Å². The van der Waals surface area contributed by atoms with Gasteiger partial charge in [-0.1, -0.05) is 12.1 Å². The number of nitrogens with one attached hydrogen (secondary N) is 1. The van der Waals surface area contributed by atoms with E-state index in [-0.39, 0.29) is 6.54 Å². The smallest absolute Gasteiger partial charge is 0.262 e. The standard InChI is InChI=1S/C20H17N5O3/c26-18(13-25-19(27)15-3-1-2-4-16(15)20(25)28)22-10-12-24-11-7-17(23-24)14-5-8-21-9-6-14/h1-9,11H,10,12-13H2,(H,22,26). The van der Waals surface area contributed by atoms with Crippen molar-refractivity contribution in [1.29, 1.82) is 0 Å². The average molecular weight is 375 g/mol. The Balaban J connectivity index is 1.30. The van der Waals surface area contributed by atoms with Crippen molar-refractivity contribution >= 4 is 17.7 Å². The fourth-order valence-corrected chi connectivity index (χ4v) is 3.05. The van der Waals surface area contributed by atoms with Gasteiger partial charge in [0, 0.05) is 30.7 Å². The summed E-state index contributed by atoms with van der Waals surface area (Å²) in [7, 11) is 0. The highest BCUT2D eigenvalue weighted by atomic mass is 16.2. The van der Waals surface area contributed by atoms with Gasteiger partial charge in [-0.2, -0.15) is 5.10 Å². The first-order chi connectivity index (χ1) is 13.6. The highest BCUT2D eigenvalue weighted by molar-refractivity contribution is 6.22. The lowest BCUT2D eigenvalue weighted by Crippen LogP contribution is -2.41. The van der Waals surface area contributed by atoms with Crippen molar-refractivity contribution in [2.75, 3.05) is 13.1 Å². The third kappa shape index (κ3) is 3.39. The Morgan fingerprint density at radius 2 is 1.64 bits per heavy atom. The Kier molecular flexibility index (Phi) is 4.67. The molecule has 0 radical (unpaired) electrons. The predicted octanol–water partition coefficient (Wildman–Crippen LogP) is 1.36. The first kappa shape index (κ1) is 17.6. The van der Waals surface area contributed by atoms with Crippen molar-refractivity contribution < 1.29 is 14.4 Å². The number of rotatable bonds is 6. The van der Waals surface area contributed by atoms with Crippen LogP contribution in [-0.2, 0) is 11.3 Å². The van der Waals surface area contributed by atoms with Gasteiger partial charge in [-0.05, 0) is 30.3 Å². The fraction of sp³-hybridized carbons (Fsp3) is 0.150. The maximum atomic E-state index is 12.3. The summed E-state index contributed by atoms with van der Waals surface area (Å²) < 4.78 is 1.72. The number of hydrogen-bond acceptors (Lipinski definition) is 5. The zero-order chi connectivity index (χ0) is 19.5. The molecule has 0 fully saturated rings.